The number of hydrogen-bond donors (Lipinski definition) is 0. The normalized spacial score (nSPS) is 11.4. The molecule has 0 aliphatic carbocycles. The van der Waals surface area contributed by atoms with Gasteiger partial charge < -0.3 is 0 Å². The van der Waals surface area contributed by atoms with Gasteiger partial charge in [0.05, 0.1) is 5.56 Å². The summed E-state index contributed by atoms with van der Waals surface area (Å²) in [5.74, 6) is -1.82. The quantitative estimate of drug-likeness (QED) is 0.617. The summed E-state index contributed by atoms with van der Waals surface area (Å²) in [4.78, 5) is 15.6. The lowest BCUT2D eigenvalue weighted by Crippen LogP contribution is -2.14. The predicted molar refractivity (Wildman–Crippen MR) is 59.1 cm³/mol. The van der Waals surface area contributed by atoms with Crippen molar-refractivity contribution >= 4 is 5.78 Å². The number of alkyl halides is 3. The lowest BCUT2D eigenvalue weighted by Gasteiger charge is -2.11. The van der Waals surface area contributed by atoms with Gasteiger partial charge in [0.2, 0.25) is 0 Å². The average molecular weight is 269 g/mol. The Morgan fingerprint density at radius 1 is 1.16 bits per heavy atom. The van der Waals surface area contributed by atoms with E-state index < -0.39 is 28.9 Å². The van der Waals surface area contributed by atoms with Gasteiger partial charge in [-0.2, -0.15) is 13.2 Å². The van der Waals surface area contributed by atoms with Gasteiger partial charge in [-0.25, -0.2) is 4.39 Å². The number of carbonyl (C=O) groups excluding carboxylic acids is 1. The molecule has 0 bridgehead atoms. The van der Waals surface area contributed by atoms with Gasteiger partial charge in [0.15, 0.2) is 5.78 Å². The van der Waals surface area contributed by atoms with E-state index in [-0.39, 0.29) is 5.56 Å². The topological polar surface area (TPSA) is 30.0 Å². The van der Waals surface area contributed by atoms with Gasteiger partial charge in [-0.1, -0.05) is 0 Å². The Hall–Kier alpha value is -2.24. The standard InChI is InChI=1S/C13H7F4NO/c14-9-3-4-11(13(15,16)17)10(6-9)12(19)8-2-1-5-18-7-8/h1-7H. The third-order valence-corrected chi connectivity index (χ3v) is 2.46. The van der Waals surface area contributed by atoms with Crippen LogP contribution in [-0.2, 0) is 6.18 Å². The summed E-state index contributed by atoms with van der Waals surface area (Å²) in [6.45, 7) is 0. The fraction of sp³-hybridized carbons (Fsp3) is 0.0769. The van der Waals surface area contributed by atoms with Crippen LogP contribution in [0.4, 0.5) is 17.6 Å². The van der Waals surface area contributed by atoms with Crippen LogP contribution in [0.3, 0.4) is 0 Å². The first kappa shape index (κ1) is 13.2. The number of benzene rings is 1. The molecule has 98 valence electrons. The van der Waals surface area contributed by atoms with E-state index in [4.69, 9.17) is 0 Å². The number of nitrogens with zero attached hydrogens (tertiary/aromatic N) is 1. The maximum Gasteiger partial charge on any atom is 0.417 e. The molecule has 2 aromatic rings. The molecule has 0 unspecified atom stereocenters. The second kappa shape index (κ2) is 4.79. The van der Waals surface area contributed by atoms with Gasteiger partial charge >= 0.3 is 6.18 Å². The number of carbonyl (C=O) groups is 1. The molecule has 19 heavy (non-hydrogen) atoms. The van der Waals surface area contributed by atoms with E-state index in [1.807, 2.05) is 0 Å². The largest absolute Gasteiger partial charge is 0.417 e. The van der Waals surface area contributed by atoms with Crippen molar-refractivity contribution in [3.05, 3.63) is 65.2 Å². The summed E-state index contributed by atoms with van der Waals surface area (Å²) >= 11 is 0. The monoisotopic (exact) mass is 269 g/mol. The SMILES string of the molecule is O=C(c1cccnc1)c1cc(F)ccc1C(F)(F)F. The highest BCUT2D eigenvalue weighted by Crippen LogP contribution is 2.33. The molecule has 0 radical (unpaired) electrons. The van der Waals surface area contributed by atoms with E-state index in [1.54, 1.807) is 0 Å². The van der Waals surface area contributed by atoms with Crippen LogP contribution in [0.2, 0.25) is 0 Å². The number of pyridine rings is 1. The Balaban J connectivity index is 2.56. The summed E-state index contributed by atoms with van der Waals surface area (Å²) in [5.41, 5.74) is -1.91. The minimum absolute atomic E-state index is 0.0291. The van der Waals surface area contributed by atoms with Gasteiger partial charge in [0.25, 0.3) is 0 Å². The van der Waals surface area contributed by atoms with Gasteiger partial charge in [-0.15, -0.1) is 0 Å². The van der Waals surface area contributed by atoms with Crippen LogP contribution in [-0.4, -0.2) is 10.8 Å². The fourth-order valence-corrected chi connectivity index (χ4v) is 1.60. The van der Waals surface area contributed by atoms with E-state index in [0.29, 0.717) is 18.2 Å². The fourth-order valence-electron chi connectivity index (χ4n) is 1.60. The first-order chi connectivity index (χ1) is 8.89. The van der Waals surface area contributed by atoms with Crippen LogP contribution in [0, 0.1) is 5.82 Å². The van der Waals surface area contributed by atoms with Gasteiger partial charge in [-0.05, 0) is 30.3 Å². The van der Waals surface area contributed by atoms with Crippen LogP contribution in [0.5, 0.6) is 0 Å². The highest BCUT2D eigenvalue weighted by molar-refractivity contribution is 6.09. The number of aromatic nitrogens is 1. The summed E-state index contributed by atoms with van der Waals surface area (Å²) < 4.78 is 51.4. The molecule has 1 heterocycles. The summed E-state index contributed by atoms with van der Waals surface area (Å²) in [7, 11) is 0. The second-order valence-corrected chi connectivity index (χ2v) is 3.76. The molecule has 0 fully saturated rings. The first-order valence-electron chi connectivity index (χ1n) is 5.21. The molecule has 0 aliphatic rings. The smallest absolute Gasteiger partial charge is 0.289 e. The number of ketones is 1. The van der Waals surface area contributed by atoms with Crippen molar-refractivity contribution in [1.82, 2.24) is 4.98 Å². The molecule has 2 nitrogen and oxygen atoms in total. The Kier molecular flexibility index (Phi) is 3.33. The van der Waals surface area contributed by atoms with E-state index in [1.165, 1.54) is 18.3 Å². The van der Waals surface area contributed by atoms with Crippen molar-refractivity contribution in [2.75, 3.05) is 0 Å². The lowest BCUT2D eigenvalue weighted by atomic mass is 9.99. The van der Waals surface area contributed by atoms with Crippen molar-refractivity contribution in [2.45, 2.75) is 6.18 Å². The number of rotatable bonds is 2. The zero-order chi connectivity index (χ0) is 14.0. The Morgan fingerprint density at radius 3 is 2.47 bits per heavy atom. The van der Waals surface area contributed by atoms with E-state index >= 15 is 0 Å². The third-order valence-electron chi connectivity index (χ3n) is 2.46. The molecule has 6 heteroatoms. The zero-order valence-corrected chi connectivity index (χ0v) is 9.41. The minimum Gasteiger partial charge on any atom is -0.289 e. The summed E-state index contributed by atoms with van der Waals surface area (Å²) in [6.07, 6.45) is -2.21. The molecule has 0 N–H and O–H groups in total. The van der Waals surface area contributed by atoms with Crippen molar-refractivity contribution in [1.29, 1.82) is 0 Å². The van der Waals surface area contributed by atoms with E-state index in [0.717, 1.165) is 6.20 Å². The van der Waals surface area contributed by atoms with Crippen LogP contribution < -0.4 is 0 Å². The van der Waals surface area contributed by atoms with Crippen molar-refractivity contribution in [3.63, 3.8) is 0 Å². The van der Waals surface area contributed by atoms with Crippen molar-refractivity contribution in [3.8, 4) is 0 Å². The van der Waals surface area contributed by atoms with E-state index in [9.17, 15) is 22.4 Å². The zero-order valence-electron chi connectivity index (χ0n) is 9.41. The second-order valence-electron chi connectivity index (χ2n) is 3.76. The summed E-state index contributed by atoms with van der Waals surface area (Å²) in [5, 5.41) is 0. The number of halogens is 4. The van der Waals surface area contributed by atoms with Gasteiger partial charge in [0.1, 0.15) is 5.82 Å². The lowest BCUT2D eigenvalue weighted by molar-refractivity contribution is -0.137. The Morgan fingerprint density at radius 2 is 1.89 bits per heavy atom. The van der Waals surface area contributed by atoms with E-state index in [2.05, 4.69) is 4.98 Å². The highest BCUT2D eigenvalue weighted by Gasteiger charge is 2.35. The molecule has 2 rings (SSSR count). The molecule has 0 saturated carbocycles. The Bertz CT molecular complexity index is 608. The minimum atomic E-state index is -4.72. The molecule has 1 aromatic carbocycles. The number of hydrogen-bond acceptors (Lipinski definition) is 2. The third kappa shape index (κ3) is 2.78. The molecular weight excluding hydrogens is 262 g/mol. The average Bonchev–Trinajstić information content (AvgIpc) is 2.37. The van der Waals surface area contributed by atoms with Crippen LogP contribution in [0.1, 0.15) is 21.5 Å². The van der Waals surface area contributed by atoms with Crippen LogP contribution >= 0.6 is 0 Å². The predicted octanol–water partition coefficient (Wildman–Crippen LogP) is 3.47. The van der Waals surface area contributed by atoms with Crippen molar-refractivity contribution < 1.29 is 22.4 Å². The van der Waals surface area contributed by atoms with Crippen LogP contribution in [0.25, 0.3) is 0 Å². The van der Waals surface area contributed by atoms with Gasteiger partial charge in [-0.3, -0.25) is 9.78 Å². The van der Waals surface area contributed by atoms with Gasteiger partial charge in [0, 0.05) is 23.5 Å². The molecular formula is C13H7F4NO. The molecule has 0 amide bonds. The first-order valence-corrected chi connectivity index (χ1v) is 5.21. The maximum absolute atomic E-state index is 13.1. The van der Waals surface area contributed by atoms with Crippen molar-refractivity contribution in [2.24, 2.45) is 0 Å². The molecule has 0 aliphatic heterocycles. The molecule has 0 atom stereocenters. The highest BCUT2D eigenvalue weighted by atomic mass is 19.4. The molecule has 1 aromatic heterocycles. The summed E-state index contributed by atoms with van der Waals surface area (Å²) in [6, 6.07) is 4.54. The molecule has 0 spiro atoms. The maximum atomic E-state index is 13.1. The van der Waals surface area contributed by atoms with Crippen LogP contribution in [0.15, 0.2) is 42.7 Å². The molecule has 0 saturated heterocycles. The Labute approximate surface area is 105 Å².